The number of amides is 2. The predicted molar refractivity (Wildman–Crippen MR) is 145 cm³/mol. The van der Waals surface area contributed by atoms with Crippen LogP contribution in [0.25, 0.3) is 0 Å². The molecule has 2 saturated heterocycles. The molecule has 1 aromatic carbocycles. The van der Waals surface area contributed by atoms with E-state index in [9.17, 15) is 9.59 Å². The van der Waals surface area contributed by atoms with Gasteiger partial charge in [0.2, 0.25) is 5.91 Å². The quantitative estimate of drug-likeness (QED) is 0.514. The number of carbonyl (C=O) groups excluding carboxylic acids is 2. The summed E-state index contributed by atoms with van der Waals surface area (Å²) in [6.45, 7) is 11.7. The number of nitrogens with zero attached hydrogens (tertiary/aromatic N) is 5. The molecule has 0 bridgehead atoms. The van der Waals surface area contributed by atoms with Crippen LogP contribution >= 0.6 is 11.6 Å². The monoisotopic (exact) mass is 529 g/mol. The van der Waals surface area contributed by atoms with Gasteiger partial charge in [-0.3, -0.25) is 14.3 Å². The molecule has 202 valence electrons. The van der Waals surface area contributed by atoms with Crippen LogP contribution in [0.1, 0.15) is 62.1 Å². The van der Waals surface area contributed by atoms with Crippen molar-refractivity contribution in [3.8, 4) is 5.75 Å². The van der Waals surface area contributed by atoms with Gasteiger partial charge in [-0.1, -0.05) is 31.5 Å². The van der Waals surface area contributed by atoms with Crippen molar-refractivity contribution in [2.75, 3.05) is 52.9 Å². The molecule has 1 aromatic heterocycles. The molecule has 0 saturated carbocycles. The van der Waals surface area contributed by atoms with Gasteiger partial charge in [-0.25, -0.2) is 0 Å². The number of carbonyl (C=O) groups is 2. The minimum Gasteiger partial charge on any atom is -0.493 e. The van der Waals surface area contributed by atoms with Gasteiger partial charge in [0, 0.05) is 62.7 Å². The lowest BCUT2D eigenvalue weighted by molar-refractivity contribution is -0.136. The van der Waals surface area contributed by atoms with Crippen molar-refractivity contribution in [1.29, 1.82) is 0 Å². The smallest absolute Gasteiger partial charge is 0.272 e. The number of hydrogen-bond donors (Lipinski definition) is 0. The van der Waals surface area contributed by atoms with Gasteiger partial charge in [-0.2, -0.15) is 5.10 Å². The highest BCUT2D eigenvalue weighted by Crippen LogP contribution is 2.37. The second kappa shape index (κ2) is 11.9. The molecular weight excluding hydrogens is 490 g/mol. The zero-order valence-electron chi connectivity index (χ0n) is 22.6. The van der Waals surface area contributed by atoms with Crippen LogP contribution in [0.2, 0.25) is 5.02 Å². The molecule has 4 rings (SSSR count). The molecule has 0 atom stereocenters. The minimum absolute atomic E-state index is 0.0102. The maximum absolute atomic E-state index is 13.5. The third-order valence-corrected chi connectivity index (χ3v) is 7.98. The van der Waals surface area contributed by atoms with Gasteiger partial charge in [-0.05, 0) is 57.0 Å². The summed E-state index contributed by atoms with van der Waals surface area (Å²) >= 11 is 6.16. The van der Waals surface area contributed by atoms with E-state index in [1.165, 1.54) is 0 Å². The van der Waals surface area contributed by atoms with Crippen molar-refractivity contribution in [2.24, 2.45) is 5.41 Å². The fourth-order valence-corrected chi connectivity index (χ4v) is 5.31. The maximum atomic E-state index is 13.5. The molecule has 37 heavy (non-hydrogen) atoms. The van der Waals surface area contributed by atoms with Crippen LogP contribution in [0.5, 0.6) is 5.75 Å². The normalized spacial score (nSPS) is 18.3. The molecule has 0 spiro atoms. The first-order valence-corrected chi connectivity index (χ1v) is 13.8. The number of rotatable bonds is 8. The minimum atomic E-state index is -0.340. The van der Waals surface area contributed by atoms with Gasteiger partial charge in [0.25, 0.3) is 5.91 Å². The van der Waals surface area contributed by atoms with Gasteiger partial charge in [0.15, 0.2) is 0 Å². The summed E-state index contributed by atoms with van der Waals surface area (Å²) in [4.78, 5) is 33.0. The van der Waals surface area contributed by atoms with Crippen LogP contribution in [0.4, 0.5) is 0 Å². The second-order valence-electron chi connectivity index (χ2n) is 10.8. The summed E-state index contributed by atoms with van der Waals surface area (Å²) in [5.74, 6) is 1.15. The third kappa shape index (κ3) is 6.65. The molecule has 0 radical (unpaired) electrons. The zero-order chi connectivity index (χ0) is 26.6. The van der Waals surface area contributed by atoms with Gasteiger partial charge in [-0.15, -0.1) is 0 Å². The number of likely N-dealkylation sites (tertiary alicyclic amines) is 1. The molecule has 2 amide bonds. The largest absolute Gasteiger partial charge is 0.493 e. The average Bonchev–Trinajstić information content (AvgIpc) is 3.33. The van der Waals surface area contributed by atoms with Crippen molar-refractivity contribution >= 4 is 23.4 Å². The lowest BCUT2D eigenvalue weighted by Gasteiger charge is -2.42. The summed E-state index contributed by atoms with van der Waals surface area (Å²) in [6, 6.07) is 9.30. The van der Waals surface area contributed by atoms with Gasteiger partial charge in [0.1, 0.15) is 11.4 Å². The van der Waals surface area contributed by atoms with Crippen molar-refractivity contribution in [2.45, 2.75) is 52.5 Å². The SMILES string of the molecule is CCn1nc(C(C)C)cc1C(=O)N1CCC(COc2cccc(Cl)c2)(CC(=O)N2CCN(C)CC2)CC1. The lowest BCUT2D eigenvalue weighted by Crippen LogP contribution is -2.51. The number of hydrogen-bond acceptors (Lipinski definition) is 5. The topological polar surface area (TPSA) is 70.9 Å². The Bertz CT molecular complexity index is 1090. The molecule has 2 aliphatic rings. The van der Waals surface area contributed by atoms with Crippen molar-refractivity contribution in [3.63, 3.8) is 0 Å². The van der Waals surface area contributed by atoms with E-state index in [0.717, 1.165) is 31.9 Å². The summed E-state index contributed by atoms with van der Waals surface area (Å²) in [5.41, 5.74) is 1.24. The molecule has 2 aromatic rings. The van der Waals surface area contributed by atoms with Gasteiger partial charge in [0.05, 0.1) is 12.3 Å². The fraction of sp³-hybridized carbons (Fsp3) is 0.607. The average molecular weight is 530 g/mol. The second-order valence-corrected chi connectivity index (χ2v) is 11.3. The summed E-state index contributed by atoms with van der Waals surface area (Å²) in [5, 5.41) is 5.24. The summed E-state index contributed by atoms with van der Waals surface area (Å²) in [7, 11) is 2.09. The van der Waals surface area contributed by atoms with Crippen molar-refractivity contribution in [3.05, 3.63) is 46.7 Å². The van der Waals surface area contributed by atoms with Crippen LogP contribution in [0.3, 0.4) is 0 Å². The number of piperidine rings is 1. The van der Waals surface area contributed by atoms with E-state index in [4.69, 9.17) is 16.3 Å². The molecular formula is C28H40ClN5O3. The first-order chi connectivity index (χ1) is 17.7. The fourth-order valence-electron chi connectivity index (χ4n) is 5.13. The summed E-state index contributed by atoms with van der Waals surface area (Å²) in [6.07, 6.45) is 1.83. The molecule has 0 unspecified atom stereocenters. The van der Waals surface area contributed by atoms with Gasteiger partial charge >= 0.3 is 0 Å². The molecule has 3 heterocycles. The Balaban J connectivity index is 1.47. The zero-order valence-corrected chi connectivity index (χ0v) is 23.3. The number of likely N-dealkylation sites (N-methyl/N-ethyl adjacent to an activating group) is 1. The number of halogens is 1. The van der Waals surface area contributed by atoms with Crippen LogP contribution < -0.4 is 4.74 Å². The molecule has 0 aliphatic carbocycles. The lowest BCUT2D eigenvalue weighted by atomic mass is 9.75. The van der Waals surface area contributed by atoms with E-state index < -0.39 is 0 Å². The van der Waals surface area contributed by atoms with E-state index in [1.807, 2.05) is 41.0 Å². The Labute approximate surface area is 225 Å². The number of aryl methyl sites for hydroxylation is 1. The predicted octanol–water partition coefficient (Wildman–Crippen LogP) is 4.15. The number of ether oxygens (including phenoxy) is 1. The first-order valence-electron chi connectivity index (χ1n) is 13.4. The molecule has 9 heteroatoms. The third-order valence-electron chi connectivity index (χ3n) is 7.74. The van der Waals surface area contributed by atoms with Gasteiger partial charge < -0.3 is 19.4 Å². The van der Waals surface area contributed by atoms with Crippen molar-refractivity contribution < 1.29 is 14.3 Å². The molecule has 0 N–H and O–H groups in total. The molecule has 2 aliphatic heterocycles. The Morgan fingerprint density at radius 2 is 1.76 bits per heavy atom. The van der Waals surface area contributed by atoms with E-state index in [1.54, 1.807) is 10.7 Å². The highest BCUT2D eigenvalue weighted by molar-refractivity contribution is 6.30. The summed E-state index contributed by atoms with van der Waals surface area (Å²) < 4.78 is 8.00. The van der Waals surface area contributed by atoms with Crippen LogP contribution in [-0.4, -0.2) is 89.2 Å². The highest BCUT2D eigenvalue weighted by atomic mass is 35.5. The standard InChI is InChI=1S/C28H40ClN5O3/c1-5-34-25(18-24(30-34)21(2)3)27(36)33-11-9-28(10-12-33,20-37-23-8-6-7-22(29)17-23)19-26(35)32-15-13-31(4)14-16-32/h6-8,17-18,21H,5,9-16,19-20H2,1-4H3. The van der Waals surface area contributed by atoms with E-state index >= 15 is 0 Å². The Morgan fingerprint density at radius 3 is 2.38 bits per heavy atom. The van der Waals surface area contributed by atoms with Crippen LogP contribution in [0, 0.1) is 5.41 Å². The number of aromatic nitrogens is 2. The Hall–Kier alpha value is -2.58. The number of piperazine rings is 1. The molecule has 2 fully saturated rings. The van der Waals surface area contributed by atoms with E-state index in [-0.39, 0.29) is 23.1 Å². The van der Waals surface area contributed by atoms with Crippen molar-refractivity contribution in [1.82, 2.24) is 24.5 Å². The Morgan fingerprint density at radius 1 is 1.05 bits per heavy atom. The Kier molecular flexibility index (Phi) is 8.80. The number of benzene rings is 1. The molecule has 8 nitrogen and oxygen atoms in total. The van der Waals surface area contributed by atoms with E-state index in [2.05, 4.69) is 30.9 Å². The maximum Gasteiger partial charge on any atom is 0.272 e. The van der Waals surface area contributed by atoms with Crippen LogP contribution in [-0.2, 0) is 11.3 Å². The van der Waals surface area contributed by atoms with Crippen LogP contribution in [0.15, 0.2) is 30.3 Å². The highest BCUT2D eigenvalue weighted by Gasteiger charge is 2.40. The first kappa shape index (κ1) is 27.5. The van der Waals surface area contributed by atoms with E-state index in [0.29, 0.717) is 62.0 Å².